The van der Waals surface area contributed by atoms with Crippen molar-refractivity contribution in [3.8, 4) is 5.75 Å². The molecular weight excluding hydrogens is 291 g/mol. The summed E-state index contributed by atoms with van der Waals surface area (Å²) in [7, 11) is -4.53. The van der Waals surface area contributed by atoms with Gasteiger partial charge in [0, 0.05) is 0 Å². The van der Waals surface area contributed by atoms with Crippen molar-refractivity contribution in [2.45, 2.75) is 59.0 Å². The quantitative estimate of drug-likeness (QED) is 0.742. The molecule has 6 heteroatoms. The standard InChI is InChI=1S/C15H25O5P/c1-14(2,3)11-8-13(16)12(15(4,5)6)7-10(11)9-20-21(17,18)19/h7-8,16H,9H2,1-6H3,(H2,17,18,19). The maximum Gasteiger partial charge on any atom is 0.469 e. The second-order valence-electron chi connectivity index (χ2n) is 7.29. The molecule has 0 aliphatic carbocycles. The Hall–Kier alpha value is -0.870. The maximum absolute atomic E-state index is 10.9. The molecule has 1 aromatic carbocycles. The lowest BCUT2D eigenvalue weighted by molar-refractivity contribution is 0.188. The maximum atomic E-state index is 10.9. The average Bonchev–Trinajstić information content (AvgIpc) is 2.22. The van der Waals surface area contributed by atoms with Gasteiger partial charge in [-0.25, -0.2) is 4.57 Å². The van der Waals surface area contributed by atoms with Crippen LogP contribution < -0.4 is 0 Å². The molecule has 0 saturated carbocycles. The van der Waals surface area contributed by atoms with Crippen LogP contribution in [0.5, 0.6) is 5.75 Å². The first kappa shape index (κ1) is 18.2. The van der Waals surface area contributed by atoms with Gasteiger partial charge < -0.3 is 14.9 Å². The second kappa shape index (κ2) is 5.73. The third kappa shape index (κ3) is 5.11. The van der Waals surface area contributed by atoms with Gasteiger partial charge in [0.1, 0.15) is 5.75 Å². The van der Waals surface area contributed by atoms with E-state index in [2.05, 4.69) is 4.52 Å². The minimum atomic E-state index is -4.53. The normalized spacial score (nSPS) is 13.5. The Morgan fingerprint density at radius 1 is 1.00 bits per heavy atom. The first-order valence-corrected chi connectivity index (χ1v) is 8.32. The molecule has 0 fully saturated rings. The molecule has 120 valence electrons. The molecule has 1 aromatic rings. The zero-order valence-corrected chi connectivity index (χ0v) is 14.4. The van der Waals surface area contributed by atoms with Crippen LogP contribution in [0.2, 0.25) is 0 Å². The number of phosphoric acid groups is 1. The van der Waals surface area contributed by atoms with Gasteiger partial charge >= 0.3 is 7.82 Å². The zero-order valence-electron chi connectivity index (χ0n) is 13.5. The molecule has 0 radical (unpaired) electrons. The fourth-order valence-electron chi connectivity index (χ4n) is 2.21. The van der Waals surface area contributed by atoms with Crippen LogP contribution in [0, 0.1) is 0 Å². The lowest BCUT2D eigenvalue weighted by Crippen LogP contribution is -2.18. The molecule has 0 aliphatic heterocycles. The number of benzene rings is 1. The SMILES string of the molecule is CC(C)(C)c1cc(COP(=O)(O)O)c(C(C)(C)C)cc1O. The highest BCUT2D eigenvalue weighted by atomic mass is 31.2. The van der Waals surface area contributed by atoms with Gasteiger partial charge in [-0.2, -0.15) is 0 Å². The van der Waals surface area contributed by atoms with Gasteiger partial charge in [-0.05, 0) is 39.7 Å². The highest BCUT2D eigenvalue weighted by molar-refractivity contribution is 7.46. The van der Waals surface area contributed by atoms with Crippen LogP contribution in [0.3, 0.4) is 0 Å². The molecule has 0 spiro atoms. The molecule has 0 unspecified atom stereocenters. The summed E-state index contributed by atoms with van der Waals surface area (Å²) in [5.74, 6) is 0.187. The fraction of sp³-hybridized carbons (Fsp3) is 0.600. The molecule has 0 saturated heterocycles. The molecule has 0 aliphatic rings. The topological polar surface area (TPSA) is 87.0 Å². The van der Waals surface area contributed by atoms with E-state index in [0.717, 1.165) is 11.1 Å². The van der Waals surface area contributed by atoms with Crippen LogP contribution in [-0.2, 0) is 26.5 Å². The highest BCUT2D eigenvalue weighted by Crippen LogP contribution is 2.41. The largest absolute Gasteiger partial charge is 0.508 e. The van der Waals surface area contributed by atoms with Crippen LogP contribution in [0.25, 0.3) is 0 Å². The number of hydrogen-bond donors (Lipinski definition) is 3. The van der Waals surface area contributed by atoms with Crippen molar-refractivity contribution in [2.75, 3.05) is 0 Å². The summed E-state index contributed by atoms with van der Waals surface area (Å²) in [6.45, 7) is 11.6. The van der Waals surface area contributed by atoms with Crippen molar-refractivity contribution in [1.29, 1.82) is 0 Å². The summed E-state index contributed by atoms with van der Waals surface area (Å²) in [6, 6.07) is 3.44. The van der Waals surface area contributed by atoms with Crippen molar-refractivity contribution < 1.29 is 24.0 Å². The summed E-state index contributed by atoms with van der Waals surface area (Å²) in [5.41, 5.74) is 1.65. The van der Waals surface area contributed by atoms with Gasteiger partial charge in [0.2, 0.25) is 0 Å². The molecule has 5 nitrogen and oxygen atoms in total. The number of aromatic hydroxyl groups is 1. The van der Waals surface area contributed by atoms with E-state index in [1.165, 1.54) is 0 Å². The molecule has 0 atom stereocenters. The Morgan fingerprint density at radius 3 is 1.86 bits per heavy atom. The monoisotopic (exact) mass is 316 g/mol. The molecule has 1 rings (SSSR count). The first-order chi connectivity index (χ1) is 9.22. The van der Waals surface area contributed by atoms with Crippen molar-refractivity contribution in [3.05, 3.63) is 28.8 Å². The van der Waals surface area contributed by atoms with Crippen molar-refractivity contribution >= 4 is 7.82 Å². The predicted molar refractivity (Wildman–Crippen MR) is 82.3 cm³/mol. The summed E-state index contributed by atoms with van der Waals surface area (Å²) in [4.78, 5) is 17.8. The van der Waals surface area contributed by atoms with Gasteiger partial charge in [0.15, 0.2) is 0 Å². The molecule has 0 amide bonds. The zero-order chi connectivity index (χ0) is 16.6. The Balaban J connectivity index is 3.39. The van der Waals surface area contributed by atoms with E-state index in [9.17, 15) is 9.67 Å². The second-order valence-corrected chi connectivity index (χ2v) is 8.53. The van der Waals surface area contributed by atoms with Crippen molar-refractivity contribution in [3.63, 3.8) is 0 Å². The molecule has 0 bridgehead atoms. The molecule has 0 aromatic heterocycles. The Bertz CT molecular complexity index is 561. The number of phosphoric ester groups is 1. The average molecular weight is 316 g/mol. The number of phenolic OH excluding ortho intramolecular Hbond substituents is 1. The fourth-order valence-corrected chi connectivity index (χ4v) is 2.51. The summed E-state index contributed by atoms with van der Waals surface area (Å²) < 4.78 is 15.6. The number of hydrogen-bond acceptors (Lipinski definition) is 3. The van der Waals surface area contributed by atoms with E-state index >= 15 is 0 Å². The van der Waals surface area contributed by atoms with Crippen LogP contribution in [0.15, 0.2) is 12.1 Å². The van der Waals surface area contributed by atoms with E-state index in [4.69, 9.17) is 9.79 Å². The van der Waals surface area contributed by atoms with Gasteiger partial charge in [-0.3, -0.25) is 4.52 Å². The van der Waals surface area contributed by atoms with Crippen LogP contribution in [0.4, 0.5) is 0 Å². The summed E-state index contributed by atoms with van der Waals surface area (Å²) in [6.07, 6.45) is 0. The first-order valence-electron chi connectivity index (χ1n) is 6.79. The van der Waals surface area contributed by atoms with Crippen LogP contribution in [-0.4, -0.2) is 14.9 Å². The highest BCUT2D eigenvalue weighted by Gasteiger charge is 2.26. The third-order valence-corrected chi connectivity index (χ3v) is 3.69. The molecular formula is C15H25O5P. The predicted octanol–water partition coefficient (Wildman–Crippen LogP) is 3.60. The Kier molecular flexibility index (Phi) is 4.96. The summed E-state index contributed by atoms with van der Waals surface area (Å²) >= 11 is 0. The Morgan fingerprint density at radius 2 is 1.48 bits per heavy atom. The molecule has 0 heterocycles. The lowest BCUT2D eigenvalue weighted by Gasteiger charge is -2.28. The smallest absolute Gasteiger partial charge is 0.469 e. The lowest BCUT2D eigenvalue weighted by atomic mass is 9.79. The van der Waals surface area contributed by atoms with Gasteiger partial charge in [-0.15, -0.1) is 0 Å². The summed E-state index contributed by atoms with van der Waals surface area (Å²) in [5, 5.41) is 10.2. The third-order valence-electron chi connectivity index (χ3n) is 3.23. The van der Waals surface area contributed by atoms with E-state index in [-0.39, 0.29) is 23.2 Å². The van der Waals surface area contributed by atoms with Crippen molar-refractivity contribution in [2.24, 2.45) is 0 Å². The van der Waals surface area contributed by atoms with E-state index < -0.39 is 7.82 Å². The Labute approximate surface area is 126 Å². The van der Waals surface area contributed by atoms with E-state index in [1.54, 1.807) is 12.1 Å². The number of phenols is 1. The van der Waals surface area contributed by atoms with Crippen LogP contribution >= 0.6 is 7.82 Å². The van der Waals surface area contributed by atoms with E-state index in [0.29, 0.717) is 5.56 Å². The molecule has 21 heavy (non-hydrogen) atoms. The van der Waals surface area contributed by atoms with Crippen molar-refractivity contribution in [1.82, 2.24) is 0 Å². The van der Waals surface area contributed by atoms with Gasteiger partial charge in [0.25, 0.3) is 0 Å². The number of rotatable bonds is 3. The van der Waals surface area contributed by atoms with Crippen LogP contribution in [0.1, 0.15) is 58.2 Å². The minimum Gasteiger partial charge on any atom is -0.508 e. The van der Waals surface area contributed by atoms with E-state index in [1.807, 2.05) is 41.5 Å². The molecule has 3 N–H and O–H groups in total. The van der Waals surface area contributed by atoms with Gasteiger partial charge in [-0.1, -0.05) is 41.5 Å². The minimum absolute atomic E-state index is 0.187. The van der Waals surface area contributed by atoms with Gasteiger partial charge in [0.05, 0.1) is 6.61 Å².